The Morgan fingerprint density at radius 1 is 1.39 bits per heavy atom. The van der Waals surface area contributed by atoms with Crippen molar-refractivity contribution >= 4 is 16.0 Å². The van der Waals surface area contributed by atoms with Crippen molar-refractivity contribution < 1.29 is 22.3 Å². The van der Waals surface area contributed by atoms with Gasteiger partial charge in [0.05, 0.1) is 12.9 Å². The lowest BCUT2D eigenvalue weighted by Crippen LogP contribution is -2.39. The van der Waals surface area contributed by atoms with Crippen LogP contribution in [0.2, 0.25) is 0 Å². The van der Waals surface area contributed by atoms with Crippen molar-refractivity contribution in [3.8, 4) is 0 Å². The molecule has 1 rings (SSSR count). The molecule has 1 atom stereocenters. The van der Waals surface area contributed by atoms with Gasteiger partial charge in [-0.05, 0) is 24.6 Å². The van der Waals surface area contributed by atoms with Crippen LogP contribution >= 0.6 is 0 Å². The van der Waals surface area contributed by atoms with Gasteiger partial charge in [0, 0.05) is 0 Å². The number of methoxy groups -OCH3 is 1. The third kappa shape index (κ3) is 4.42. The highest BCUT2D eigenvalue weighted by Crippen LogP contribution is 2.07. The molecule has 0 radical (unpaired) electrons. The molecule has 0 aliphatic carbocycles. The number of esters is 1. The molecule has 7 heteroatoms. The van der Waals surface area contributed by atoms with Crippen LogP contribution in [-0.2, 0) is 25.3 Å². The fourth-order valence-corrected chi connectivity index (χ4v) is 2.69. The van der Waals surface area contributed by atoms with Gasteiger partial charge in [-0.3, -0.25) is 4.79 Å². The molecular weight excluding hydrogens is 261 g/mol. The molecule has 0 heterocycles. The molecule has 0 aliphatic heterocycles. The Balaban J connectivity index is 2.70. The zero-order valence-electron chi connectivity index (χ0n) is 10.0. The van der Waals surface area contributed by atoms with E-state index in [4.69, 9.17) is 0 Å². The summed E-state index contributed by atoms with van der Waals surface area (Å²) in [6, 6.07) is 4.14. The van der Waals surface area contributed by atoms with Crippen LogP contribution in [0, 0.1) is 5.82 Å². The lowest BCUT2D eigenvalue weighted by Gasteiger charge is -2.12. The van der Waals surface area contributed by atoms with E-state index in [1.165, 1.54) is 38.3 Å². The van der Waals surface area contributed by atoms with Crippen molar-refractivity contribution in [3.05, 3.63) is 35.6 Å². The molecule has 5 nitrogen and oxygen atoms in total. The van der Waals surface area contributed by atoms with E-state index < -0.39 is 27.9 Å². The maximum Gasteiger partial charge on any atom is 0.323 e. The van der Waals surface area contributed by atoms with Crippen LogP contribution in [-0.4, -0.2) is 27.5 Å². The third-order valence-corrected chi connectivity index (χ3v) is 3.61. The van der Waals surface area contributed by atoms with Crippen molar-refractivity contribution in [2.45, 2.75) is 18.7 Å². The first kappa shape index (κ1) is 14.6. The van der Waals surface area contributed by atoms with Gasteiger partial charge >= 0.3 is 5.97 Å². The summed E-state index contributed by atoms with van der Waals surface area (Å²) in [6.07, 6.45) is 0. The maximum absolute atomic E-state index is 12.7. The van der Waals surface area contributed by atoms with E-state index in [1.54, 1.807) is 0 Å². The van der Waals surface area contributed by atoms with Gasteiger partial charge in [0.25, 0.3) is 0 Å². The number of carbonyl (C=O) groups is 1. The van der Waals surface area contributed by atoms with Crippen LogP contribution in [0.4, 0.5) is 4.39 Å². The first-order valence-corrected chi connectivity index (χ1v) is 6.81. The Labute approximate surface area is 105 Å². The van der Waals surface area contributed by atoms with Gasteiger partial charge in [-0.25, -0.2) is 17.5 Å². The smallest absolute Gasteiger partial charge is 0.323 e. The third-order valence-electron chi connectivity index (χ3n) is 2.18. The van der Waals surface area contributed by atoms with E-state index in [0.717, 1.165) is 0 Å². The summed E-state index contributed by atoms with van der Waals surface area (Å²) in [5, 5.41) is 0. The predicted molar refractivity (Wildman–Crippen MR) is 63.6 cm³/mol. The van der Waals surface area contributed by atoms with Gasteiger partial charge < -0.3 is 4.74 Å². The normalized spacial score (nSPS) is 13.1. The van der Waals surface area contributed by atoms with Crippen molar-refractivity contribution in [1.82, 2.24) is 4.72 Å². The predicted octanol–water partition coefficient (Wildman–Crippen LogP) is 0.807. The van der Waals surface area contributed by atoms with Crippen LogP contribution in [0.15, 0.2) is 24.3 Å². The summed E-state index contributed by atoms with van der Waals surface area (Å²) < 4.78 is 42.6. The summed E-state index contributed by atoms with van der Waals surface area (Å²) in [7, 11) is -2.50. The molecule has 1 unspecified atom stereocenters. The highest BCUT2D eigenvalue weighted by Gasteiger charge is 2.20. The standard InChI is InChI=1S/C11H14FNO4S/c1-8(11(14)17-2)13-18(15,16)7-9-3-5-10(12)6-4-9/h3-6,8,13H,7H2,1-2H3. The van der Waals surface area contributed by atoms with Crippen LogP contribution < -0.4 is 4.72 Å². The van der Waals surface area contributed by atoms with Gasteiger partial charge in [-0.1, -0.05) is 12.1 Å². The second-order valence-corrected chi connectivity index (χ2v) is 5.50. The van der Waals surface area contributed by atoms with Crippen LogP contribution in [0.1, 0.15) is 12.5 Å². The Kier molecular flexibility index (Phi) is 4.80. The van der Waals surface area contributed by atoms with Gasteiger partial charge in [0.2, 0.25) is 10.0 Å². The van der Waals surface area contributed by atoms with Crippen molar-refractivity contribution in [2.75, 3.05) is 7.11 Å². The Bertz CT molecular complexity index is 512. The number of halogens is 1. The van der Waals surface area contributed by atoms with Gasteiger partial charge in [-0.15, -0.1) is 0 Å². The van der Waals surface area contributed by atoms with Crippen LogP contribution in [0.25, 0.3) is 0 Å². The highest BCUT2D eigenvalue weighted by atomic mass is 32.2. The number of hydrogen-bond donors (Lipinski definition) is 1. The average molecular weight is 275 g/mol. The molecule has 1 aromatic carbocycles. The summed E-state index contributed by atoms with van der Waals surface area (Å²) in [5.74, 6) is -1.43. The number of hydrogen-bond acceptors (Lipinski definition) is 4. The largest absolute Gasteiger partial charge is 0.468 e. The fraction of sp³-hybridized carbons (Fsp3) is 0.364. The zero-order chi connectivity index (χ0) is 13.8. The Morgan fingerprint density at radius 3 is 2.44 bits per heavy atom. The SMILES string of the molecule is COC(=O)C(C)NS(=O)(=O)Cc1ccc(F)cc1. The molecule has 0 spiro atoms. The lowest BCUT2D eigenvalue weighted by molar-refractivity contribution is -0.142. The molecule has 100 valence electrons. The van der Waals surface area contributed by atoms with Crippen LogP contribution in [0.3, 0.4) is 0 Å². The minimum atomic E-state index is -3.68. The molecule has 18 heavy (non-hydrogen) atoms. The van der Waals surface area contributed by atoms with Gasteiger partial charge in [-0.2, -0.15) is 0 Å². The highest BCUT2D eigenvalue weighted by molar-refractivity contribution is 7.88. The van der Waals surface area contributed by atoms with Crippen molar-refractivity contribution in [3.63, 3.8) is 0 Å². The minimum absolute atomic E-state index is 0.325. The lowest BCUT2D eigenvalue weighted by atomic mass is 10.2. The molecule has 0 bridgehead atoms. The minimum Gasteiger partial charge on any atom is -0.468 e. The molecule has 0 aromatic heterocycles. The summed E-state index contributed by atoms with van der Waals surface area (Å²) >= 11 is 0. The topological polar surface area (TPSA) is 72.5 Å². The van der Waals surface area contributed by atoms with Crippen molar-refractivity contribution in [1.29, 1.82) is 0 Å². The van der Waals surface area contributed by atoms with E-state index in [-0.39, 0.29) is 5.75 Å². The molecule has 0 fully saturated rings. The van der Waals surface area contributed by atoms with Crippen LogP contribution in [0.5, 0.6) is 0 Å². The fourth-order valence-electron chi connectivity index (χ4n) is 1.34. The summed E-state index contributed by atoms with van der Waals surface area (Å²) in [5.41, 5.74) is 0.431. The molecular formula is C11H14FNO4S. The molecule has 0 aliphatic rings. The average Bonchev–Trinajstić information content (AvgIpc) is 2.30. The van der Waals surface area contributed by atoms with E-state index in [0.29, 0.717) is 5.56 Å². The van der Waals surface area contributed by atoms with Gasteiger partial charge in [0.15, 0.2) is 0 Å². The second-order valence-electron chi connectivity index (χ2n) is 3.75. The number of benzene rings is 1. The van der Waals surface area contributed by atoms with E-state index >= 15 is 0 Å². The number of carbonyl (C=O) groups excluding carboxylic acids is 1. The number of sulfonamides is 1. The number of ether oxygens (including phenoxy) is 1. The van der Waals surface area contributed by atoms with Gasteiger partial charge in [0.1, 0.15) is 11.9 Å². The number of rotatable bonds is 5. The second kappa shape index (κ2) is 5.92. The molecule has 0 amide bonds. The Morgan fingerprint density at radius 2 is 1.94 bits per heavy atom. The van der Waals surface area contributed by atoms with E-state index in [2.05, 4.69) is 9.46 Å². The molecule has 0 saturated heterocycles. The summed E-state index contributed by atoms with van der Waals surface area (Å²) in [6.45, 7) is 1.38. The van der Waals surface area contributed by atoms with Crippen molar-refractivity contribution in [2.24, 2.45) is 0 Å². The molecule has 1 aromatic rings. The van der Waals surface area contributed by atoms with E-state index in [9.17, 15) is 17.6 Å². The molecule has 0 saturated carbocycles. The molecule has 1 N–H and O–H groups in total. The summed E-state index contributed by atoms with van der Waals surface area (Å²) in [4.78, 5) is 11.1. The van der Waals surface area contributed by atoms with E-state index in [1.807, 2.05) is 0 Å². The monoisotopic (exact) mass is 275 g/mol. The zero-order valence-corrected chi connectivity index (χ0v) is 10.8. The first-order chi connectivity index (χ1) is 8.34. The maximum atomic E-state index is 12.7. The quantitative estimate of drug-likeness (QED) is 0.807. The Hall–Kier alpha value is -1.47. The first-order valence-electron chi connectivity index (χ1n) is 5.16. The number of nitrogens with one attached hydrogen (secondary N) is 1.